The van der Waals surface area contributed by atoms with Crippen LogP contribution in [0.15, 0.2) is 36.7 Å². The monoisotopic (exact) mass is 303 g/mol. The summed E-state index contributed by atoms with van der Waals surface area (Å²) >= 11 is 6.40. The zero-order valence-electron chi connectivity index (χ0n) is 12.8. The Kier molecular flexibility index (Phi) is 3.70. The Morgan fingerprint density at radius 1 is 1.29 bits per heavy atom. The highest BCUT2D eigenvalue weighted by Gasteiger charge is 2.36. The molecule has 1 aliphatic rings. The Bertz CT molecular complexity index is 619. The smallest absolute Gasteiger partial charge is 0.106 e. The lowest BCUT2D eigenvalue weighted by Gasteiger charge is -2.22. The summed E-state index contributed by atoms with van der Waals surface area (Å²) in [6.45, 7) is 7.01. The largest absolute Gasteiger partial charge is 0.380 e. The second-order valence-corrected chi connectivity index (χ2v) is 7.29. The first-order valence-electron chi connectivity index (χ1n) is 7.51. The van der Waals surface area contributed by atoms with Gasteiger partial charge in [-0.25, -0.2) is 4.68 Å². The number of nitrogens with zero attached hydrogens (tertiary/aromatic N) is 2. The summed E-state index contributed by atoms with van der Waals surface area (Å²) in [6.07, 6.45) is 6.13. The molecule has 1 heterocycles. The lowest BCUT2D eigenvalue weighted by Crippen LogP contribution is -2.23. The average molecular weight is 304 g/mol. The van der Waals surface area contributed by atoms with Crippen LogP contribution >= 0.6 is 11.6 Å². The molecule has 0 amide bonds. The number of hydrogen-bond acceptors (Lipinski definition) is 2. The lowest BCUT2D eigenvalue weighted by molar-refractivity contribution is 0.366. The summed E-state index contributed by atoms with van der Waals surface area (Å²) in [5.41, 5.74) is 2.39. The summed E-state index contributed by atoms with van der Waals surface area (Å²) in [7, 11) is 0. The van der Waals surface area contributed by atoms with Crippen molar-refractivity contribution in [1.29, 1.82) is 0 Å². The van der Waals surface area contributed by atoms with E-state index in [1.807, 2.05) is 29.1 Å². The molecule has 4 heteroatoms. The molecule has 1 saturated carbocycles. The summed E-state index contributed by atoms with van der Waals surface area (Å²) in [5, 5.41) is 8.74. The topological polar surface area (TPSA) is 29.9 Å². The molecular weight excluding hydrogens is 282 g/mol. The highest BCUT2D eigenvalue weighted by molar-refractivity contribution is 6.33. The van der Waals surface area contributed by atoms with Crippen LogP contribution in [0.2, 0.25) is 5.02 Å². The van der Waals surface area contributed by atoms with Crippen LogP contribution in [0.5, 0.6) is 0 Å². The number of halogens is 1. The maximum Gasteiger partial charge on any atom is 0.106 e. The number of rotatable bonds is 3. The first kappa shape index (κ1) is 14.5. The van der Waals surface area contributed by atoms with Gasteiger partial charge in [0.2, 0.25) is 0 Å². The van der Waals surface area contributed by atoms with Crippen LogP contribution in [0.4, 0.5) is 5.69 Å². The van der Waals surface area contributed by atoms with Crippen LogP contribution in [0, 0.1) is 11.3 Å². The van der Waals surface area contributed by atoms with Gasteiger partial charge in [-0.1, -0.05) is 38.4 Å². The molecular formula is C17H22ClN3. The van der Waals surface area contributed by atoms with Crippen LogP contribution in [-0.2, 0) is 0 Å². The molecule has 1 aromatic heterocycles. The molecule has 1 aromatic carbocycles. The lowest BCUT2D eigenvalue weighted by atomic mass is 9.91. The highest BCUT2D eigenvalue weighted by Crippen LogP contribution is 2.43. The summed E-state index contributed by atoms with van der Waals surface area (Å²) in [4.78, 5) is 0. The van der Waals surface area contributed by atoms with Crippen molar-refractivity contribution in [2.45, 2.75) is 39.7 Å². The zero-order valence-corrected chi connectivity index (χ0v) is 13.6. The molecule has 3 rings (SSSR count). The molecule has 1 N–H and O–H groups in total. The van der Waals surface area contributed by atoms with Gasteiger partial charge in [-0.15, -0.1) is 0 Å². The van der Waals surface area contributed by atoms with Crippen molar-refractivity contribution in [3.05, 3.63) is 41.7 Å². The molecule has 2 atom stereocenters. The molecule has 0 saturated heterocycles. The van der Waals surface area contributed by atoms with E-state index in [4.69, 9.17) is 11.6 Å². The predicted molar refractivity (Wildman–Crippen MR) is 88.2 cm³/mol. The first-order valence-corrected chi connectivity index (χ1v) is 7.89. The number of hydrogen-bond donors (Lipinski definition) is 1. The number of anilines is 1. The highest BCUT2D eigenvalue weighted by atomic mass is 35.5. The third kappa shape index (κ3) is 2.93. The maximum atomic E-state index is 6.40. The summed E-state index contributed by atoms with van der Waals surface area (Å²) in [5.74, 6) is 0.657. The standard InChI is InChI=1S/C17H22ClN3/c1-12-10-17(2,3)11-15(12)20-14-7-4-6-13(18)16(14)21-9-5-8-19-21/h4-9,12,15,20H,10-11H2,1-3H3. The van der Waals surface area contributed by atoms with Gasteiger partial charge in [-0.2, -0.15) is 5.10 Å². The summed E-state index contributed by atoms with van der Waals surface area (Å²) in [6, 6.07) is 8.37. The zero-order chi connectivity index (χ0) is 15.0. The van der Waals surface area contributed by atoms with Gasteiger partial charge in [-0.05, 0) is 42.4 Å². The predicted octanol–water partition coefficient (Wildman–Crippen LogP) is 4.76. The van der Waals surface area contributed by atoms with Crippen LogP contribution in [0.3, 0.4) is 0 Å². The Morgan fingerprint density at radius 3 is 2.71 bits per heavy atom. The maximum absolute atomic E-state index is 6.40. The normalized spacial score (nSPS) is 24.2. The molecule has 0 radical (unpaired) electrons. The molecule has 1 aliphatic carbocycles. The Balaban J connectivity index is 1.92. The minimum atomic E-state index is 0.404. The SMILES string of the molecule is CC1CC(C)(C)CC1Nc1cccc(Cl)c1-n1cccn1. The van der Waals surface area contributed by atoms with Gasteiger partial charge in [0.1, 0.15) is 5.69 Å². The molecule has 2 unspecified atom stereocenters. The molecule has 21 heavy (non-hydrogen) atoms. The number of aromatic nitrogens is 2. The van der Waals surface area contributed by atoms with E-state index in [1.165, 1.54) is 12.8 Å². The van der Waals surface area contributed by atoms with E-state index in [2.05, 4.69) is 37.3 Å². The molecule has 2 aromatic rings. The molecule has 3 nitrogen and oxygen atoms in total. The van der Waals surface area contributed by atoms with E-state index in [9.17, 15) is 0 Å². The second-order valence-electron chi connectivity index (χ2n) is 6.89. The molecule has 0 aliphatic heterocycles. The molecule has 0 spiro atoms. The number of nitrogens with one attached hydrogen (secondary N) is 1. The van der Waals surface area contributed by atoms with Gasteiger partial charge in [0.15, 0.2) is 0 Å². The van der Waals surface area contributed by atoms with Crippen molar-refractivity contribution in [3.63, 3.8) is 0 Å². The average Bonchev–Trinajstić information content (AvgIpc) is 2.98. The van der Waals surface area contributed by atoms with E-state index in [1.54, 1.807) is 6.20 Å². The van der Waals surface area contributed by atoms with E-state index < -0.39 is 0 Å². The van der Waals surface area contributed by atoms with E-state index in [-0.39, 0.29) is 0 Å². The number of benzene rings is 1. The molecule has 0 bridgehead atoms. The van der Waals surface area contributed by atoms with Gasteiger partial charge < -0.3 is 5.32 Å². The minimum absolute atomic E-state index is 0.404. The van der Waals surface area contributed by atoms with Gasteiger partial charge >= 0.3 is 0 Å². The van der Waals surface area contributed by atoms with Crippen molar-refractivity contribution < 1.29 is 0 Å². The minimum Gasteiger partial charge on any atom is -0.380 e. The second kappa shape index (κ2) is 5.38. The Morgan fingerprint density at radius 2 is 2.10 bits per heavy atom. The van der Waals surface area contributed by atoms with Gasteiger partial charge in [0.05, 0.1) is 10.7 Å². The fraction of sp³-hybridized carbons (Fsp3) is 0.471. The van der Waals surface area contributed by atoms with Crippen molar-refractivity contribution in [3.8, 4) is 5.69 Å². The van der Waals surface area contributed by atoms with Crippen LogP contribution in [-0.4, -0.2) is 15.8 Å². The fourth-order valence-electron chi connectivity index (χ4n) is 3.55. The summed E-state index contributed by atoms with van der Waals surface area (Å²) < 4.78 is 1.83. The first-order chi connectivity index (χ1) is 9.96. The quantitative estimate of drug-likeness (QED) is 0.885. The number of para-hydroxylation sites is 1. The fourth-order valence-corrected chi connectivity index (χ4v) is 3.81. The third-order valence-corrected chi connectivity index (χ3v) is 4.70. The van der Waals surface area contributed by atoms with Crippen molar-refractivity contribution in [2.75, 3.05) is 5.32 Å². The van der Waals surface area contributed by atoms with Crippen LogP contribution < -0.4 is 5.32 Å². The van der Waals surface area contributed by atoms with Crippen molar-refractivity contribution >= 4 is 17.3 Å². The molecule has 1 fully saturated rings. The van der Waals surface area contributed by atoms with Crippen molar-refractivity contribution in [2.24, 2.45) is 11.3 Å². The van der Waals surface area contributed by atoms with E-state index in [0.29, 0.717) is 22.4 Å². The van der Waals surface area contributed by atoms with Crippen LogP contribution in [0.25, 0.3) is 5.69 Å². The molecule has 112 valence electrons. The van der Waals surface area contributed by atoms with E-state index >= 15 is 0 Å². The Labute approximate surface area is 131 Å². The third-order valence-electron chi connectivity index (χ3n) is 4.40. The van der Waals surface area contributed by atoms with Gasteiger partial charge in [0, 0.05) is 18.4 Å². The van der Waals surface area contributed by atoms with Gasteiger partial charge in [0.25, 0.3) is 0 Å². The Hall–Kier alpha value is -1.48. The van der Waals surface area contributed by atoms with Crippen LogP contribution in [0.1, 0.15) is 33.6 Å². The van der Waals surface area contributed by atoms with Crippen molar-refractivity contribution in [1.82, 2.24) is 9.78 Å². The van der Waals surface area contributed by atoms with E-state index in [0.717, 1.165) is 11.4 Å². The van der Waals surface area contributed by atoms with Gasteiger partial charge in [-0.3, -0.25) is 0 Å².